The van der Waals surface area contributed by atoms with Crippen LogP contribution in [-0.4, -0.2) is 52.0 Å². The molecule has 2 atom stereocenters. The van der Waals surface area contributed by atoms with Gasteiger partial charge in [-0.3, -0.25) is 4.99 Å². The third-order valence-electron chi connectivity index (χ3n) is 3.88. The summed E-state index contributed by atoms with van der Waals surface area (Å²) in [5.74, 6) is 1.40. The average Bonchev–Trinajstić information content (AvgIpc) is 3.33. The van der Waals surface area contributed by atoms with E-state index in [1.54, 1.807) is 7.11 Å². The first-order valence-electron chi connectivity index (χ1n) is 8.61. The fourth-order valence-electron chi connectivity index (χ4n) is 2.56. The molecule has 2 unspecified atom stereocenters. The number of rotatable bonds is 10. The molecule has 2 rings (SSSR count). The van der Waals surface area contributed by atoms with E-state index in [1.807, 2.05) is 12.1 Å². The third kappa shape index (κ3) is 6.67. The Kier molecular flexibility index (Phi) is 8.36. The van der Waals surface area contributed by atoms with Gasteiger partial charge in [0.25, 0.3) is 0 Å². The van der Waals surface area contributed by atoms with Gasteiger partial charge in [-0.05, 0) is 37.5 Å². The van der Waals surface area contributed by atoms with E-state index >= 15 is 0 Å². The first kappa shape index (κ1) is 19.0. The van der Waals surface area contributed by atoms with Gasteiger partial charge in [-0.1, -0.05) is 23.7 Å². The van der Waals surface area contributed by atoms with Crippen LogP contribution in [0.15, 0.2) is 29.3 Å². The maximum absolute atomic E-state index is 6.07. The zero-order valence-electron chi connectivity index (χ0n) is 14.6. The molecule has 0 radical (unpaired) electrons. The number of halogens is 1. The van der Waals surface area contributed by atoms with Gasteiger partial charge in [-0.25, -0.2) is 0 Å². The van der Waals surface area contributed by atoms with Crippen LogP contribution in [0.1, 0.15) is 31.2 Å². The van der Waals surface area contributed by atoms with Crippen molar-refractivity contribution >= 4 is 17.6 Å². The normalized spacial score (nSPS) is 20.0. The standard InChI is InChI=1S/C18H28ClN3O2/c1-3-20-18(21-8-5-9-24-11-10-23-2)22-17-13-16(17)14-6-4-7-15(19)12-14/h4,6-7,12,16-17H,3,5,8-11,13H2,1-2H3,(H2,20,21,22). The molecule has 134 valence electrons. The molecule has 0 heterocycles. The van der Waals surface area contributed by atoms with Crippen LogP contribution in [0, 0.1) is 0 Å². The molecule has 5 nitrogen and oxygen atoms in total. The van der Waals surface area contributed by atoms with E-state index in [-0.39, 0.29) is 0 Å². The highest BCUT2D eigenvalue weighted by Gasteiger charge is 2.39. The molecular weight excluding hydrogens is 326 g/mol. The van der Waals surface area contributed by atoms with E-state index in [4.69, 9.17) is 21.1 Å². The molecule has 1 aromatic carbocycles. The number of aliphatic imine (C=N–C) groups is 1. The summed E-state index contributed by atoms with van der Waals surface area (Å²) in [7, 11) is 1.68. The number of hydrogen-bond donors (Lipinski definition) is 2. The number of ether oxygens (including phenoxy) is 2. The lowest BCUT2D eigenvalue weighted by Gasteiger charge is -2.11. The molecule has 0 aromatic heterocycles. The number of nitrogens with zero attached hydrogens (tertiary/aromatic N) is 1. The summed E-state index contributed by atoms with van der Waals surface area (Å²) in [4.78, 5) is 4.61. The van der Waals surface area contributed by atoms with Crippen molar-refractivity contribution in [1.29, 1.82) is 0 Å². The van der Waals surface area contributed by atoms with Gasteiger partial charge in [-0.2, -0.15) is 0 Å². The van der Waals surface area contributed by atoms with E-state index in [9.17, 15) is 0 Å². The summed E-state index contributed by atoms with van der Waals surface area (Å²) in [5.41, 5.74) is 1.29. The Hall–Kier alpha value is -1.30. The molecule has 0 saturated heterocycles. The zero-order valence-corrected chi connectivity index (χ0v) is 15.3. The summed E-state index contributed by atoms with van der Waals surface area (Å²) in [6.45, 7) is 5.66. The van der Waals surface area contributed by atoms with Crippen LogP contribution in [0.5, 0.6) is 0 Å². The van der Waals surface area contributed by atoms with Crippen molar-refractivity contribution in [3.05, 3.63) is 34.9 Å². The zero-order chi connectivity index (χ0) is 17.2. The van der Waals surface area contributed by atoms with Crippen LogP contribution < -0.4 is 10.6 Å². The lowest BCUT2D eigenvalue weighted by atomic mass is 10.1. The van der Waals surface area contributed by atoms with Gasteiger partial charge in [0.2, 0.25) is 0 Å². The topological polar surface area (TPSA) is 54.9 Å². The fourth-order valence-corrected chi connectivity index (χ4v) is 2.76. The highest BCUT2D eigenvalue weighted by molar-refractivity contribution is 6.30. The highest BCUT2D eigenvalue weighted by Crippen LogP contribution is 2.41. The molecule has 1 fully saturated rings. The SMILES string of the molecule is CCNC(=NCCCOCCOC)NC1CC1c1cccc(Cl)c1. The molecule has 0 spiro atoms. The second-order valence-electron chi connectivity index (χ2n) is 5.87. The van der Waals surface area contributed by atoms with Crippen molar-refractivity contribution in [3.8, 4) is 0 Å². The Morgan fingerprint density at radius 1 is 1.33 bits per heavy atom. The van der Waals surface area contributed by atoms with E-state index in [0.717, 1.165) is 36.9 Å². The Bertz CT molecular complexity index is 525. The van der Waals surface area contributed by atoms with Gasteiger partial charge in [0.1, 0.15) is 0 Å². The van der Waals surface area contributed by atoms with Crippen LogP contribution in [0.3, 0.4) is 0 Å². The number of hydrogen-bond acceptors (Lipinski definition) is 3. The second-order valence-corrected chi connectivity index (χ2v) is 6.30. The van der Waals surface area contributed by atoms with Gasteiger partial charge in [0.05, 0.1) is 13.2 Å². The summed E-state index contributed by atoms with van der Waals surface area (Å²) in [6.07, 6.45) is 2.02. The van der Waals surface area contributed by atoms with Crippen LogP contribution >= 0.6 is 11.6 Å². The van der Waals surface area contributed by atoms with Crippen LogP contribution in [0.2, 0.25) is 5.02 Å². The van der Waals surface area contributed by atoms with Crippen LogP contribution in [-0.2, 0) is 9.47 Å². The van der Waals surface area contributed by atoms with Gasteiger partial charge >= 0.3 is 0 Å². The largest absolute Gasteiger partial charge is 0.382 e. The predicted octanol–water partition coefficient (Wildman–Crippen LogP) is 2.80. The van der Waals surface area contributed by atoms with Crippen molar-refractivity contribution in [2.24, 2.45) is 4.99 Å². The van der Waals surface area contributed by atoms with Crippen LogP contribution in [0.25, 0.3) is 0 Å². The predicted molar refractivity (Wildman–Crippen MR) is 99.0 cm³/mol. The Morgan fingerprint density at radius 2 is 2.21 bits per heavy atom. The van der Waals surface area contributed by atoms with Gasteiger partial charge in [0, 0.05) is 43.8 Å². The Balaban J connectivity index is 1.72. The molecule has 1 aliphatic rings. The van der Waals surface area contributed by atoms with Crippen LogP contribution in [0.4, 0.5) is 0 Å². The number of guanidine groups is 1. The fraction of sp³-hybridized carbons (Fsp3) is 0.611. The van der Waals surface area contributed by atoms with Crippen molar-refractivity contribution in [2.45, 2.75) is 31.7 Å². The lowest BCUT2D eigenvalue weighted by molar-refractivity contribution is 0.0702. The minimum absolute atomic E-state index is 0.430. The molecule has 2 N–H and O–H groups in total. The average molecular weight is 354 g/mol. The second kappa shape index (κ2) is 10.5. The molecular formula is C18H28ClN3O2. The molecule has 6 heteroatoms. The van der Waals surface area contributed by atoms with E-state index < -0.39 is 0 Å². The van der Waals surface area contributed by atoms with E-state index in [1.165, 1.54) is 5.56 Å². The Labute approximate surface area is 149 Å². The molecule has 0 aliphatic heterocycles. The van der Waals surface area contributed by atoms with Crippen molar-refractivity contribution in [3.63, 3.8) is 0 Å². The minimum atomic E-state index is 0.430. The Morgan fingerprint density at radius 3 is 2.96 bits per heavy atom. The maximum Gasteiger partial charge on any atom is 0.191 e. The van der Waals surface area contributed by atoms with Crippen molar-refractivity contribution < 1.29 is 9.47 Å². The summed E-state index contributed by atoms with van der Waals surface area (Å²) < 4.78 is 10.4. The number of methoxy groups -OCH3 is 1. The molecule has 24 heavy (non-hydrogen) atoms. The van der Waals surface area contributed by atoms with Gasteiger partial charge < -0.3 is 20.1 Å². The first-order valence-corrected chi connectivity index (χ1v) is 8.99. The first-order chi connectivity index (χ1) is 11.7. The number of benzene rings is 1. The molecule has 1 saturated carbocycles. The summed E-state index contributed by atoms with van der Waals surface area (Å²) in [6, 6.07) is 8.54. The smallest absolute Gasteiger partial charge is 0.191 e. The van der Waals surface area contributed by atoms with Crippen molar-refractivity contribution in [1.82, 2.24) is 10.6 Å². The lowest BCUT2D eigenvalue weighted by Crippen LogP contribution is -2.39. The molecule has 0 amide bonds. The monoisotopic (exact) mass is 353 g/mol. The minimum Gasteiger partial charge on any atom is -0.382 e. The van der Waals surface area contributed by atoms with Gasteiger partial charge in [0.15, 0.2) is 5.96 Å². The quantitative estimate of drug-likeness (QED) is 0.386. The highest BCUT2D eigenvalue weighted by atomic mass is 35.5. The summed E-state index contributed by atoms with van der Waals surface area (Å²) >= 11 is 6.07. The van der Waals surface area contributed by atoms with Crippen molar-refractivity contribution in [2.75, 3.05) is 40.0 Å². The van der Waals surface area contributed by atoms with Gasteiger partial charge in [-0.15, -0.1) is 0 Å². The van der Waals surface area contributed by atoms with E-state index in [2.05, 4.69) is 34.7 Å². The number of nitrogens with one attached hydrogen (secondary N) is 2. The molecule has 1 aromatic rings. The molecule has 0 bridgehead atoms. The van der Waals surface area contributed by atoms with E-state index in [0.29, 0.717) is 31.8 Å². The maximum atomic E-state index is 6.07. The summed E-state index contributed by atoms with van der Waals surface area (Å²) in [5, 5.41) is 7.60. The third-order valence-corrected chi connectivity index (χ3v) is 4.12. The molecule has 1 aliphatic carbocycles.